The molecule has 1 heterocycles. The van der Waals surface area contributed by atoms with Gasteiger partial charge in [0.05, 0.1) is 6.04 Å². The third-order valence-electron chi connectivity index (χ3n) is 5.52. The first kappa shape index (κ1) is 27.2. The largest absolute Gasteiger partial charge is 0.352 e. The highest BCUT2D eigenvalue weighted by Gasteiger charge is 2.42. The number of likely N-dealkylation sites (tertiary alicyclic amines) is 1. The summed E-state index contributed by atoms with van der Waals surface area (Å²) in [6.07, 6.45) is 5.00. The normalized spacial score (nSPS) is 17.8. The first-order chi connectivity index (χ1) is 14.9. The maximum absolute atomic E-state index is 13.2. The van der Waals surface area contributed by atoms with Crippen molar-refractivity contribution in [3.05, 3.63) is 24.8 Å². The molecule has 0 spiro atoms. The van der Waals surface area contributed by atoms with Crippen LogP contribution in [0.4, 0.5) is 4.79 Å². The molecule has 1 aliphatic heterocycles. The van der Waals surface area contributed by atoms with Crippen molar-refractivity contribution in [2.24, 2.45) is 11.1 Å². The molecule has 9 heteroatoms. The van der Waals surface area contributed by atoms with Gasteiger partial charge in [-0.3, -0.25) is 14.4 Å². The lowest BCUT2D eigenvalue weighted by molar-refractivity contribution is -0.142. The number of nitrogens with two attached hydrogens (primary N) is 1. The van der Waals surface area contributed by atoms with Crippen LogP contribution in [0.2, 0.25) is 0 Å². The second kappa shape index (κ2) is 12.3. The van der Waals surface area contributed by atoms with Gasteiger partial charge in [0, 0.05) is 18.7 Å². The minimum Gasteiger partial charge on any atom is -0.352 e. The average Bonchev–Trinajstić information content (AvgIpc) is 3.21. The first-order valence-corrected chi connectivity index (χ1v) is 11.2. The summed E-state index contributed by atoms with van der Waals surface area (Å²) >= 11 is 0. The summed E-state index contributed by atoms with van der Waals surface area (Å²) < 4.78 is 0. The summed E-state index contributed by atoms with van der Waals surface area (Å²) in [5.41, 5.74) is 4.96. The van der Waals surface area contributed by atoms with E-state index in [1.807, 2.05) is 27.7 Å². The van der Waals surface area contributed by atoms with E-state index in [0.29, 0.717) is 32.4 Å². The monoisotopic (exact) mass is 449 g/mol. The van der Waals surface area contributed by atoms with Gasteiger partial charge in [-0.25, -0.2) is 4.79 Å². The molecule has 0 aliphatic carbocycles. The van der Waals surface area contributed by atoms with Gasteiger partial charge in [-0.2, -0.15) is 0 Å². The fourth-order valence-electron chi connectivity index (χ4n) is 3.71. The Labute approximate surface area is 191 Å². The van der Waals surface area contributed by atoms with Crippen LogP contribution in [0.1, 0.15) is 59.8 Å². The van der Waals surface area contributed by atoms with Gasteiger partial charge in [0.25, 0.3) is 0 Å². The molecule has 0 aromatic heterocycles. The molecule has 0 radical (unpaired) electrons. The molecule has 1 aliphatic rings. The number of urea groups is 1. The molecule has 180 valence electrons. The van der Waals surface area contributed by atoms with Crippen molar-refractivity contribution < 1.29 is 19.2 Å². The Morgan fingerprint density at radius 2 is 1.88 bits per heavy atom. The number of amides is 5. The molecule has 1 unspecified atom stereocenters. The minimum atomic E-state index is -0.857. The summed E-state index contributed by atoms with van der Waals surface area (Å²) in [6.45, 7) is 15.7. The van der Waals surface area contributed by atoms with Gasteiger partial charge in [-0.15, -0.1) is 6.58 Å². The zero-order chi connectivity index (χ0) is 24.5. The van der Waals surface area contributed by atoms with Crippen LogP contribution in [0.3, 0.4) is 0 Å². The van der Waals surface area contributed by atoms with Crippen LogP contribution in [0.25, 0.3) is 0 Å². The summed E-state index contributed by atoms with van der Waals surface area (Å²) in [4.78, 5) is 51.7. The second-order valence-corrected chi connectivity index (χ2v) is 9.22. The Bertz CT molecular complexity index is 728. The quantitative estimate of drug-likeness (QED) is 0.281. The SMILES string of the molecule is C=CCNC(=O)C(=C)C(CCCC)NC(=O)[C@@H]1CCCN1C(=O)[C@@H](NC(N)=O)C(C)(C)C. The Hall–Kier alpha value is -2.84. The van der Waals surface area contributed by atoms with Gasteiger partial charge in [0.15, 0.2) is 0 Å². The molecule has 1 rings (SSSR count). The summed E-state index contributed by atoms with van der Waals surface area (Å²) in [5, 5.41) is 8.13. The fraction of sp³-hybridized carbons (Fsp3) is 0.652. The molecule has 3 atom stereocenters. The van der Waals surface area contributed by atoms with Crippen molar-refractivity contribution >= 4 is 23.8 Å². The van der Waals surface area contributed by atoms with Crippen molar-refractivity contribution in [3.63, 3.8) is 0 Å². The van der Waals surface area contributed by atoms with E-state index in [4.69, 9.17) is 5.73 Å². The molecule has 0 bridgehead atoms. The lowest BCUT2D eigenvalue weighted by atomic mass is 9.85. The number of carbonyl (C=O) groups excluding carboxylic acids is 4. The van der Waals surface area contributed by atoms with Crippen molar-refractivity contribution in [1.82, 2.24) is 20.9 Å². The van der Waals surface area contributed by atoms with Gasteiger partial charge in [-0.05, 0) is 24.7 Å². The molecule has 0 aromatic carbocycles. The van der Waals surface area contributed by atoms with Crippen molar-refractivity contribution in [3.8, 4) is 0 Å². The predicted octanol–water partition coefficient (Wildman–Crippen LogP) is 1.59. The van der Waals surface area contributed by atoms with Crippen LogP contribution >= 0.6 is 0 Å². The highest BCUT2D eigenvalue weighted by Crippen LogP contribution is 2.26. The van der Waals surface area contributed by atoms with E-state index in [9.17, 15) is 19.2 Å². The van der Waals surface area contributed by atoms with Crippen LogP contribution in [-0.4, -0.2) is 59.9 Å². The van der Waals surface area contributed by atoms with E-state index in [1.54, 1.807) is 6.08 Å². The summed E-state index contributed by atoms with van der Waals surface area (Å²) in [6, 6.07) is -2.87. The van der Waals surface area contributed by atoms with E-state index >= 15 is 0 Å². The number of primary amides is 1. The molecular formula is C23H39N5O4. The predicted molar refractivity (Wildman–Crippen MR) is 124 cm³/mol. The Morgan fingerprint density at radius 1 is 1.22 bits per heavy atom. The minimum absolute atomic E-state index is 0.271. The van der Waals surface area contributed by atoms with Gasteiger partial charge in [0.1, 0.15) is 12.1 Å². The first-order valence-electron chi connectivity index (χ1n) is 11.2. The van der Waals surface area contributed by atoms with Crippen LogP contribution in [0.15, 0.2) is 24.8 Å². The molecule has 0 aromatic rings. The Morgan fingerprint density at radius 3 is 2.41 bits per heavy atom. The third-order valence-corrected chi connectivity index (χ3v) is 5.52. The maximum atomic E-state index is 13.2. The highest BCUT2D eigenvalue weighted by molar-refractivity contribution is 5.96. The van der Waals surface area contributed by atoms with Crippen LogP contribution in [-0.2, 0) is 14.4 Å². The van der Waals surface area contributed by atoms with Crippen LogP contribution in [0.5, 0.6) is 0 Å². The molecular weight excluding hydrogens is 410 g/mol. The molecule has 1 saturated heterocycles. The summed E-state index contributed by atoms with van der Waals surface area (Å²) in [7, 11) is 0. The lowest BCUT2D eigenvalue weighted by Gasteiger charge is -2.35. The van der Waals surface area contributed by atoms with E-state index in [0.717, 1.165) is 12.8 Å². The van der Waals surface area contributed by atoms with Crippen molar-refractivity contribution in [1.29, 1.82) is 0 Å². The highest BCUT2D eigenvalue weighted by atomic mass is 16.2. The smallest absolute Gasteiger partial charge is 0.312 e. The molecule has 1 fully saturated rings. The van der Waals surface area contributed by atoms with Gasteiger partial charge in [-0.1, -0.05) is 53.2 Å². The topological polar surface area (TPSA) is 134 Å². The number of hydrogen-bond donors (Lipinski definition) is 4. The van der Waals surface area contributed by atoms with E-state index in [1.165, 1.54) is 4.90 Å². The van der Waals surface area contributed by atoms with Crippen molar-refractivity contribution in [2.75, 3.05) is 13.1 Å². The standard InChI is InChI=1S/C23H39N5O4/c1-7-9-11-16(15(3)19(29)25-13-8-2)26-20(30)17-12-10-14-28(17)21(31)18(23(4,5)6)27-22(24)32/h8,16-18H,2-3,7,9-14H2,1,4-6H3,(H,25,29)(H,26,30)(H3,24,27,32)/t16?,17-,18+/m0/s1. The van der Waals surface area contributed by atoms with Crippen LogP contribution < -0.4 is 21.7 Å². The maximum Gasteiger partial charge on any atom is 0.312 e. The Balaban J connectivity index is 3.00. The number of nitrogens with one attached hydrogen (secondary N) is 3. The zero-order valence-electron chi connectivity index (χ0n) is 19.8. The Kier molecular flexibility index (Phi) is 10.4. The molecule has 5 N–H and O–H groups in total. The average molecular weight is 450 g/mol. The molecule has 9 nitrogen and oxygen atoms in total. The van der Waals surface area contributed by atoms with E-state index in [2.05, 4.69) is 29.1 Å². The fourth-order valence-corrected chi connectivity index (χ4v) is 3.71. The molecule has 32 heavy (non-hydrogen) atoms. The van der Waals surface area contributed by atoms with E-state index < -0.39 is 29.6 Å². The molecule has 0 saturated carbocycles. The zero-order valence-corrected chi connectivity index (χ0v) is 19.8. The summed E-state index contributed by atoms with van der Waals surface area (Å²) in [5.74, 6) is -1.02. The second-order valence-electron chi connectivity index (χ2n) is 9.22. The molecule has 5 amide bonds. The number of unbranched alkanes of at least 4 members (excludes halogenated alkanes) is 1. The number of hydrogen-bond acceptors (Lipinski definition) is 4. The van der Waals surface area contributed by atoms with Gasteiger partial charge in [0.2, 0.25) is 17.7 Å². The van der Waals surface area contributed by atoms with Gasteiger partial charge < -0.3 is 26.6 Å². The lowest BCUT2D eigenvalue weighted by Crippen LogP contribution is -2.59. The number of nitrogens with zero attached hydrogens (tertiary/aromatic N) is 1. The number of carbonyl (C=O) groups is 4. The van der Waals surface area contributed by atoms with Crippen LogP contribution in [0, 0.1) is 5.41 Å². The van der Waals surface area contributed by atoms with Gasteiger partial charge >= 0.3 is 6.03 Å². The number of rotatable bonds is 11. The third kappa shape index (κ3) is 7.69. The van der Waals surface area contributed by atoms with E-state index in [-0.39, 0.29) is 23.3 Å². The van der Waals surface area contributed by atoms with Crippen molar-refractivity contribution in [2.45, 2.75) is 77.9 Å².